The van der Waals surface area contributed by atoms with E-state index in [0.717, 1.165) is 30.3 Å². The molecule has 2 fully saturated rings. The van der Waals surface area contributed by atoms with Crippen molar-refractivity contribution in [2.24, 2.45) is 5.92 Å². The average Bonchev–Trinajstić information content (AvgIpc) is 3.22. The highest BCUT2D eigenvalue weighted by Gasteiger charge is 2.35. The maximum atomic E-state index is 13.3. The molecule has 2 heterocycles. The Kier molecular flexibility index (Phi) is 5.80. The molecule has 3 aromatic rings. The van der Waals surface area contributed by atoms with Crippen LogP contribution in [0.5, 0.6) is 0 Å². The SMILES string of the molecule is O=C(CCc1cn(S(=O)(=O)c2ccccc2)c2ccccc12)N1CCCC2CCCCC21. The lowest BCUT2D eigenvalue weighted by molar-refractivity contribution is -0.137. The molecule has 0 radical (unpaired) electrons. The average molecular weight is 451 g/mol. The first-order chi connectivity index (χ1) is 15.6. The summed E-state index contributed by atoms with van der Waals surface area (Å²) >= 11 is 0. The van der Waals surface area contributed by atoms with Crippen molar-refractivity contribution in [2.75, 3.05) is 6.54 Å². The van der Waals surface area contributed by atoms with Crippen LogP contribution in [-0.4, -0.2) is 35.8 Å². The summed E-state index contributed by atoms with van der Waals surface area (Å²) in [5.74, 6) is 0.878. The fraction of sp³-hybridized carbons (Fsp3) is 0.423. The van der Waals surface area contributed by atoms with Crippen molar-refractivity contribution in [3.63, 3.8) is 0 Å². The van der Waals surface area contributed by atoms with E-state index in [4.69, 9.17) is 0 Å². The number of benzene rings is 2. The van der Waals surface area contributed by atoms with Gasteiger partial charge in [-0.2, -0.15) is 0 Å². The fourth-order valence-corrected chi connectivity index (χ4v) is 7.05. The molecule has 1 saturated heterocycles. The molecule has 2 aromatic carbocycles. The van der Waals surface area contributed by atoms with E-state index in [-0.39, 0.29) is 10.8 Å². The zero-order chi connectivity index (χ0) is 22.1. The van der Waals surface area contributed by atoms with Gasteiger partial charge in [-0.15, -0.1) is 0 Å². The molecule has 2 unspecified atom stereocenters. The molecule has 1 saturated carbocycles. The molecule has 32 heavy (non-hydrogen) atoms. The summed E-state index contributed by atoms with van der Waals surface area (Å²) in [7, 11) is -3.70. The Labute approximate surface area is 190 Å². The van der Waals surface area contributed by atoms with E-state index < -0.39 is 10.0 Å². The minimum absolute atomic E-state index is 0.212. The van der Waals surface area contributed by atoms with Gasteiger partial charge in [-0.25, -0.2) is 12.4 Å². The minimum atomic E-state index is -3.70. The number of fused-ring (bicyclic) bond motifs is 2. The molecule has 5 nitrogen and oxygen atoms in total. The Balaban J connectivity index is 1.40. The number of para-hydroxylation sites is 1. The molecular weight excluding hydrogens is 420 g/mol. The van der Waals surface area contributed by atoms with Crippen LogP contribution in [0.2, 0.25) is 0 Å². The van der Waals surface area contributed by atoms with Crippen molar-refractivity contribution >= 4 is 26.8 Å². The third-order valence-electron chi connectivity index (χ3n) is 7.23. The van der Waals surface area contributed by atoms with Gasteiger partial charge in [-0.05, 0) is 61.8 Å². The van der Waals surface area contributed by atoms with Gasteiger partial charge in [0.15, 0.2) is 0 Å². The minimum Gasteiger partial charge on any atom is -0.339 e. The van der Waals surface area contributed by atoms with Crippen molar-refractivity contribution in [1.29, 1.82) is 0 Å². The van der Waals surface area contributed by atoms with Gasteiger partial charge in [0.2, 0.25) is 5.91 Å². The second-order valence-electron chi connectivity index (χ2n) is 9.13. The summed E-state index contributed by atoms with van der Waals surface area (Å²) in [5, 5.41) is 0.897. The smallest absolute Gasteiger partial charge is 0.268 e. The summed E-state index contributed by atoms with van der Waals surface area (Å²) in [6.07, 6.45) is 9.91. The Hall–Kier alpha value is -2.60. The maximum Gasteiger partial charge on any atom is 0.268 e. The molecule has 0 spiro atoms. The number of piperidine rings is 1. The number of carbonyl (C=O) groups is 1. The molecule has 0 bridgehead atoms. The molecule has 0 N–H and O–H groups in total. The highest BCUT2D eigenvalue weighted by Crippen LogP contribution is 2.36. The monoisotopic (exact) mass is 450 g/mol. The number of aryl methyl sites for hydroxylation is 1. The van der Waals surface area contributed by atoms with Gasteiger partial charge in [0.25, 0.3) is 10.0 Å². The summed E-state index contributed by atoms with van der Waals surface area (Å²) in [5.41, 5.74) is 1.56. The van der Waals surface area contributed by atoms with E-state index in [2.05, 4.69) is 4.90 Å². The number of amides is 1. The standard InChI is InChI=1S/C26H30N2O3S/c29-26(27-18-8-10-20-9-4-6-14-24(20)27)17-16-21-19-28(25-15-7-5-13-23(21)25)32(30,31)22-11-2-1-3-12-22/h1-3,5,7,11-13,15,19-20,24H,4,6,8-10,14,16-18H2. The Bertz CT molecular complexity index is 1210. The van der Waals surface area contributed by atoms with Crippen molar-refractivity contribution in [3.05, 3.63) is 66.4 Å². The number of hydrogen-bond acceptors (Lipinski definition) is 3. The summed E-state index contributed by atoms with van der Waals surface area (Å²) < 4.78 is 28.0. The summed E-state index contributed by atoms with van der Waals surface area (Å²) in [6.45, 7) is 0.865. The third-order valence-corrected chi connectivity index (χ3v) is 8.92. The zero-order valence-electron chi connectivity index (χ0n) is 18.3. The number of aromatic nitrogens is 1. The first-order valence-corrected chi connectivity index (χ1v) is 13.2. The third kappa shape index (κ3) is 3.85. The lowest BCUT2D eigenvalue weighted by Gasteiger charge is -2.44. The van der Waals surface area contributed by atoms with Crippen molar-refractivity contribution in [2.45, 2.75) is 62.3 Å². The molecule has 1 aliphatic heterocycles. The molecule has 168 valence electrons. The van der Waals surface area contributed by atoms with Crippen LogP contribution in [0, 0.1) is 5.92 Å². The maximum absolute atomic E-state index is 13.3. The van der Waals surface area contributed by atoms with Crippen molar-refractivity contribution < 1.29 is 13.2 Å². The lowest BCUT2D eigenvalue weighted by atomic mass is 9.78. The first-order valence-electron chi connectivity index (χ1n) is 11.7. The Morgan fingerprint density at radius 1 is 0.906 bits per heavy atom. The van der Waals surface area contributed by atoms with E-state index in [1.54, 1.807) is 36.5 Å². The van der Waals surface area contributed by atoms with Gasteiger partial charge in [-0.3, -0.25) is 4.79 Å². The summed E-state index contributed by atoms with van der Waals surface area (Å²) in [6, 6.07) is 16.5. The van der Waals surface area contributed by atoms with Crippen molar-refractivity contribution in [1.82, 2.24) is 8.87 Å². The van der Waals surface area contributed by atoms with Crippen LogP contribution in [0.25, 0.3) is 10.9 Å². The Morgan fingerprint density at radius 3 is 2.47 bits per heavy atom. The predicted molar refractivity (Wildman–Crippen MR) is 126 cm³/mol. The molecule has 2 aliphatic rings. The van der Waals surface area contributed by atoms with E-state index in [0.29, 0.717) is 30.3 Å². The largest absolute Gasteiger partial charge is 0.339 e. The van der Waals surface area contributed by atoms with Crippen LogP contribution >= 0.6 is 0 Å². The number of nitrogens with zero attached hydrogens (tertiary/aromatic N) is 2. The highest BCUT2D eigenvalue weighted by atomic mass is 32.2. The normalized spacial score (nSPS) is 21.4. The quantitative estimate of drug-likeness (QED) is 0.550. The van der Waals surface area contributed by atoms with Gasteiger partial charge in [0.1, 0.15) is 0 Å². The molecular formula is C26H30N2O3S. The van der Waals surface area contributed by atoms with Crippen molar-refractivity contribution in [3.8, 4) is 0 Å². The van der Waals surface area contributed by atoms with Crippen LogP contribution in [-0.2, 0) is 21.2 Å². The Morgan fingerprint density at radius 2 is 1.62 bits per heavy atom. The van der Waals surface area contributed by atoms with E-state index >= 15 is 0 Å². The topological polar surface area (TPSA) is 59.4 Å². The van der Waals surface area contributed by atoms with Crippen LogP contribution in [0.3, 0.4) is 0 Å². The lowest BCUT2D eigenvalue weighted by Crippen LogP contribution is -2.49. The van der Waals surface area contributed by atoms with E-state index in [1.807, 2.05) is 24.3 Å². The first kappa shape index (κ1) is 21.3. The summed E-state index contributed by atoms with van der Waals surface area (Å²) in [4.78, 5) is 15.6. The van der Waals surface area contributed by atoms with Gasteiger partial charge < -0.3 is 4.90 Å². The number of carbonyl (C=O) groups excluding carboxylic acids is 1. The van der Waals surface area contributed by atoms with Crippen LogP contribution in [0.4, 0.5) is 0 Å². The van der Waals surface area contributed by atoms with Crippen LogP contribution < -0.4 is 0 Å². The van der Waals surface area contributed by atoms with E-state index in [9.17, 15) is 13.2 Å². The molecule has 1 aliphatic carbocycles. The van der Waals surface area contributed by atoms with Crippen LogP contribution in [0.1, 0.15) is 50.5 Å². The second-order valence-corrected chi connectivity index (χ2v) is 10.9. The van der Waals surface area contributed by atoms with E-state index in [1.165, 1.54) is 29.7 Å². The van der Waals surface area contributed by atoms with Gasteiger partial charge in [0, 0.05) is 30.6 Å². The molecule has 2 atom stereocenters. The molecule has 5 rings (SSSR count). The highest BCUT2D eigenvalue weighted by molar-refractivity contribution is 7.90. The van der Waals surface area contributed by atoms with Crippen LogP contribution in [0.15, 0.2) is 65.7 Å². The van der Waals surface area contributed by atoms with Gasteiger partial charge in [-0.1, -0.05) is 49.2 Å². The number of rotatable bonds is 5. The van der Waals surface area contributed by atoms with Gasteiger partial charge in [0.05, 0.1) is 10.4 Å². The molecule has 1 amide bonds. The predicted octanol–water partition coefficient (Wildman–Crippen LogP) is 4.99. The zero-order valence-corrected chi connectivity index (χ0v) is 19.1. The number of hydrogen-bond donors (Lipinski definition) is 0. The second kappa shape index (κ2) is 8.74. The fourth-order valence-electron chi connectivity index (χ4n) is 5.64. The number of likely N-dealkylation sites (tertiary alicyclic amines) is 1. The molecule has 6 heteroatoms. The van der Waals surface area contributed by atoms with Gasteiger partial charge >= 0.3 is 0 Å². The molecule has 1 aromatic heterocycles.